The van der Waals surface area contributed by atoms with Crippen LogP contribution in [0.4, 0.5) is 4.39 Å². The lowest BCUT2D eigenvalue weighted by molar-refractivity contribution is -0.122. The first-order valence-electron chi connectivity index (χ1n) is 7.15. The summed E-state index contributed by atoms with van der Waals surface area (Å²) in [5.41, 5.74) is 0.675. The molecule has 8 heteroatoms. The molecule has 0 unspecified atom stereocenters. The Bertz CT molecular complexity index is 737. The highest BCUT2D eigenvalue weighted by Gasteiger charge is 2.44. The lowest BCUT2D eigenvalue weighted by atomic mass is 9.96. The van der Waals surface area contributed by atoms with E-state index in [1.165, 1.54) is 23.0 Å². The Morgan fingerprint density at radius 2 is 2.00 bits per heavy atom. The molecule has 23 heavy (non-hydrogen) atoms. The second-order valence-electron chi connectivity index (χ2n) is 5.67. The predicted octanol–water partition coefficient (Wildman–Crippen LogP) is 0.963. The second kappa shape index (κ2) is 5.79. The largest absolute Gasteiger partial charge is 0.476 e. The summed E-state index contributed by atoms with van der Waals surface area (Å²) in [6.07, 6.45) is 3.07. The van der Waals surface area contributed by atoms with Crippen molar-refractivity contribution in [2.75, 3.05) is 6.54 Å². The lowest BCUT2D eigenvalue weighted by Gasteiger charge is -2.16. The first kappa shape index (κ1) is 15.1. The fourth-order valence-electron chi connectivity index (χ4n) is 2.47. The number of aromatic carboxylic acids is 1. The van der Waals surface area contributed by atoms with Gasteiger partial charge in [-0.15, -0.1) is 5.10 Å². The van der Waals surface area contributed by atoms with Gasteiger partial charge in [0, 0.05) is 12.0 Å². The Morgan fingerprint density at radius 3 is 2.57 bits per heavy atom. The van der Waals surface area contributed by atoms with Gasteiger partial charge in [-0.05, 0) is 30.5 Å². The van der Waals surface area contributed by atoms with Gasteiger partial charge in [-0.2, -0.15) is 0 Å². The third-order valence-electron chi connectivity index (χ3n) is 4.00. The second-order valence-corrected chi connectivity index (χ2v) is 5.67. The van der Waals surface area contributed by atoms with Crippen LogP contribution in [0.1, 0.15) is 28.9 Å². The molecule has 1 aromatic heterocycles. The zero-order valence-electron chi connectivity index (χ0n) is 12.2. The van der Waals surface area contributed by atoms with E-state index in [2.05, 4.69) is 15.6 Å². The number of nitrogens with one attached hydrogen (secondary N) is 1. The van der Waals surface area contributed by atoms with Crippen molar-refractivity contribution in [1.29, 1.82) is 0 Å². The van der Waals surface area contributed by atoms with Crippen molar-refractivity contribution in [3.05, 3.63) is 47.5 Å². The van der Waals surface area contributed by atoms with Crippen LogP contribution in [0.3, 0.4) is 0 Å². The van der Waals surface area contributed by atoms with Crippen molar-refractivity contribution in [3.8, 4) is 0 Å². The highest BCUT2D eigenvalue weighted by atomic mass is 19.1. The van der Waals surface area contributed by atoms with E-state index in [1.807, 2.05) is 0 Å². The highest BCUT2D eigenvalue weighted by molar-refractivity contribution is 5.84. The van der Waals surface area contributed by atoms with Crippen LogP contribution in [0.15, 0.2) is 30.5 Å². The minimum atomic E-state index is -1.19. The average molecular weight is 318 g/mol. The summed E-state index contributed by atoms with van der Waals surface area (Å²) in [6.45, 7) is 0.359. The van der Waals surface area contributed by atoms with E-state index in [0.29, 0.717) is 6.54 Å². The van der Waals surface area contributed by atoms with Gasteiger partial charge in [0.2, 0.25) is 5.91 Å². The molecule has 0 aliphatic heterocycles. The average Bonchev–Trinajstić information content (AvgIpc) is 3.17. The molecule has 1 amide bonds. The van der Waals surface area contributed by atoms with Gasteiger partial charge >= 0.3 is 5.97 Å². The number of benzene rings is 1. The maximum atomic E-state index is 13.0. The minimum absolute atomic E-state index is 0.0974. The molecule has 0 atom stereocenters. The van der Waals surface area contributed by atoms with Crippen LogP contribution < -0.4 is 5.32 Å². The molecule has 1 aliphatic carbocycles. The molecule has 0 saturated heterocycles. The molecule has 1 aromatic carbocycles. The van der Waals surface area contributed by atoms with E-state index >= 15 is 0 Å². The summed E-state index contributed by atoms with van der Waals surface area (Å²) in [7, 11) is 0. The lowest BCUT2D eigenvalue weighted by Crippen LogP contribution is -2.34. The maximum Gasteiger partial charge on any atom is 0.358 e. The molecule has 1 aliphatic rings. The topological polar surface area (TPSA) is 97.1 Å². The van der Waals surface area contributed by atoms with Gasteiger partial charge in [-0.25, -0.2) is 13.9 Å². The number of hydrogen-bond donors (Lipinski definition) is 2. The van der Waals surface area contributed by atoms with Crippen LogP contribution in [-0.4, -0.2) is 38.5 Å². The summed E-state index contributed by atoms with van der Waals surface area (Å²) in [5.74, 6) is -1.75. The van der Waals surface area contributed by atoms with Crippen LogP contribution in [0.25, 0.3) is 0 Å². The zero-order chi connectivity index (χ0) is 16.4. The van der Waals surface area contributed by atoms with Crippen molar-refractivity contribution in [1.82, 2.24) is 20.3 Å². The minimum Gasteiger partial charge on any atom is -0.476 e. The third-order valence-corrected chi connectivity index (χ3v) is 4.00. The summed E-state index contributed by atoms with van der Waals surface area (Å²) in [4.78, 5) is 22.6. The zero-order valence-corrected chi connectivity index (χ0v) is 12.2. The first-order valence-corrected chi connectivity index (χ1v) is 7.15. The quantitative estimate of drug-likeness (QED) is 0.827. The fourth-order valence-corrected chi connectivity index (χ4v) is 2.47. The molecule has 120 valence electrons. The summed E-state index contributed by atoms with van der Waals surface area (Å²) >= 11 is 0. The van der Waals surface area contributed by atoms with Gasteiger partial charge in [0.25, 0.3) is 0 Å². The van der Waals surface area contributed by atoms with Gasteiger partial charge in [0.05, 0.1) is 6.20 Å². The smallest absolute Gasteiger partial charge is 0.358 e. The van der Waals surface area contributed by atoms with Crippen LogP contribution in [0, 0.1) is 5.82 Å². The molecular formula is C15H15FN4O3. The van der Waals surface area contributed by atoms with Crippen LogP contribution in [0.5, 0.6) is 0 Å². The summed E-state index contributed by atoms with van der Waals surface area (Å²) in [5, 5.41) is 18.6. The Labute approximate surface area is 131 Å². The molecule has 7 nitrogen and oxygen atoms in total. The Balaban J connectivity index is 1.56. The van der Waals surface area contributed by atoms with Gasteiger partial charge in [-0.1, -0.05) is 17.3 Å². The van der Waals surface area contributed by atoms with E-state index in [0.717, 1.165) is 18.4 Å². The van der Waals surface area contributed by atoms with Crippen LogP contribution in [0.2, 0.25) is 0 Å². The number of aromatic nitrogens is 3. The Morgan fingerprint density at radius 1 is 1.30 bits per heavy atom. The summed E-state index contributed by atoms with van der Waals surface area (Å²) < 4.78 is 14.2. The number of carboxylic acid groups (broad SMARTS) is 1. The molecule has 1 fully saturated rings. The molecule has 3 rings (SSSR count). The van der Waals surface area contributed by atoms with Crippen molar-refractivity contribution in [2.24, 2.45) is 0 Å². The van der Waals surface area contributed by atoms with Crippen molar-refractivity contribution >= 4 is 11.9 Å². The van der Waals surface area contributed by atoms with Crippen molar-refractivity contribution < 1.29 is 19.1 Å². The third kappa shape index (κ3) is 3.36. The highest BCUT2D eigenvalue weighted by Crippen LogP contribution is 2.47. The number of carboxylic acids is 1. The number of nitrogens with zero attached hydrogens (tertiary/aromatic N) is 3. The van der Waals surface area contributed by atoms with Gasteiger partial charge in [0.15, 0.2) is 5.69 Å². The number of amides is 1. The molecule has 1 heterocycles. The van der Waals surface area contributed by atoms with E-state index in [4.69, 9.17) is 5.11 Å². The maximum absolute atomic E-state index is 13.0. The van der Waals surface area contributed by atoms with Gasteiger partial charge in [0.1, 0.15) is 12.4 Å². The molecule has 0 radical (unpaired) electrons. The number of carbonyl (C=O) groups excluding carboxylic acids is 1. The standard InChI is InChI=1S/C15H15FN4O3/c16-11-3-1-10(2-4-11)15(5-6-15)9-17-13(21)8-20-7-12(14(22)23)18-19-20/h1-4,7H,5-6,8-9H2,(H,17,21)(H,22,23). The van der Waals surface area contributed by atoms with Gasteiger partial charge < -0.3 is 10.4 Å². The molecular weight excluding hydrogens is 303 g/mol. The number of halogens is 1. The number of hydrogen-bond acceptors (Lipinski definition) is 4. The van der Waals surface area contributed by atoms with Gasteiger partial charge in [-0.3, -0.25) is 4.79 Å². The first-order chi connectivity index (χ1) is 11.0. The fraction of sp³-hybridized carbons (Fsp3) is 0.333. The SMILES string of the molecule is O=C(Cn1cc(C(=O)O)nn1)NCC1(c2ccc(F)cc2)CC1. The molecule has 0 bridgehead atoms. The summed E-state index contributed by atoms with van der Waals surface area (Å²) in [6, 6.07) is 6.32. The monoisotopic (exact) mass is 318 g/mol. The molecule has 1 saturated carbocycles. The molecule has 0 spiro atoms. The van der Waals surface area contributed by atoms with E-state index in [1.54, 1.807) is 12.1 Å². The van der Waals surface area contributed by atoms with E-state index in [9.17, 15) is 14.0 Å². The van der Waals surface area contributed by atoms with Crippen LogP contribution >= 0.6 is 0 Å². The van der Waals surface area contributed by atoms with E-state index < -0.39 is 5.97 Å². The van der Waals surface area contributed by atoms with E-state index in [-0.39, 0.29) is 29.4 Å². The number of carbonyl (C=O) groups is 2. The van der Waals surface area contributed by atoms with Crippen molar-refractivity contribution in [2.45, 2.75) is 24.8 Å². The van der Waals surface area contributed by atoms with Crippen LogP contribution in [-0.2, 0) is 16.8 Å². The molecule has 2 aromatic rings. The number of rotatable bonds is 6. The Kier molecular flexibility index (Phi) is 3.81. The normalized spacial score (nSPS) is 15.2. The predicted molar refractivity (Wildman–Crippen MR) is 77.3 cm³/mol. The Hall–Kier alpha value is -2.77. The molecule has 2 N–H and O–H groups in total. The van der Waals surface area contributed by atoms with Crippen molar-refractivity contribution in [3.63, 3.8) is 0 Å².